The highest BCUT2D eigenvalue weighted by Gasteiger charge is 2.36. The van der Waals surface area contributed by atoms with Crippen molar-refractivity contribution in [3.05, 3.63) is 11.7 Å². The van der Waals surface area contributed by atoms with Crippen molar-refractivity contribution in [2.24, 2.45) is 11.3 Å². The van der Waals surface area contributed by atoms with Gasteiger partial charge in [0, 0.05) is 0 Å². The lowest BCUT2D eigenvalue weighted by Crippen LogP contribution is -2.39. The summed E-state index contributed by atoms with van der Waals surface area (Å²) in [5.74, 6) is 4.26. The average molecular weight is 283 g/mol. The minimum Gasteiger partial charge on any atom is -0.338 e. The van der Waals surface area contributed by atoms with Gasteiger partial charge in [0.1, 0.15) is 0 Å². The van der Waals surface area contributed by atoms with Gasteiger partial charge in [0.2, 0.25) is 5.89 Å². The maximum absolute atomic E-state index is 5.46. The van der Waals surface area contributed by atoms with Gasteiger partial charge in [-0.25, -0.2) is 0 Å². The van der Waals surface area contributed by atoms with Crippen molar-refractivity contribution in [3.8, 4) is 0 Å². The van der Waals surface area contributed by atoms with E-state index < -0.39 is 0 Å². The minimum atomic E-state index is 0.188. The van der Waals surface area contributed by atoms with Gasteiger partial charge in [-0.2, -0.15) is 16.7 Å². The van der Waals surface area contributed by atoms with Crippen molar-refractivity contribution in [2.75, 3.05) is 12.3 Å². The zero-order chi connectivity index (χ0) is 13.9. The molecule has 0 saturated carbocycles. The third-order valence-electron chi connectivity index (χ3n) is 3.54. The summed E-state index contributed by atoms with van der Waals surface area (Å²) in [6.45, 7) is 10.0. The fraction of sp³-hybridized carbons (Fsp3) is 0.857. The molecule has 0 amide bonds. The van der Waals surface area contributed by atoms with Crippen LogP contribution in [0.1, 0.15) is 58.3 Å². The van der Waals surface area contributed by atoms with Crippen LogP contribution in [0.15, 0.2) is 4.52 Å². The van der Waals surface area contributed by atoms with E-state index >= 15 is 0 Å². The first-order valence-electron chi connectivity index (χ1n) is 7.12. The molecule has 1 aliphatic rings. The van der Waals surface area contributed by atoms with Crippen LogP contribution < -0.4 is 5.32 Å². The van der Waals surface area contributed by atoms with Gasteiger partial charge < -0.3 is 9.84 Å². The van der Waals surface area contributed by atoms with Gasteiger partial charge in [-0.1, -0.05) is 32.9 Å². The molecule has 108 valence electrons. The molecule has 1 fully saturated rings. The van der Waals surface area contributed by atoms with Gasteiger partial charge in [-0.3, -0.25) is 0 Å². The minimum absolute atomic E-state index is 0.188. The van der Waals surface area contributed by atoms with Gasteiger partial charge in [-0.15, -0.1) is 0 Å². The first kappa shape index (κ1) is 14.9. The van der Waals surface area contributed by atoms with Crippen LogP contribution in [0, 0.1) is 11.3 Å². The van der Waals surface area contributed by atoms with Crippen molar-refractivity contribution in [2.45, 2.75) is 52.3 Å². The predicted octanol–water partition coefficient (Wildman–Crippen LogP) is 3.41. The summed E-state index contributed by atoms with van der Waals surface area (Å²) in [5.41, 5.74) is 0.188. The van der Waals surface area contributed by atoms with E-state index in [-0.39, 0.29) is 11.5 Å². The second-order valence-corrected chi connectivity index (χ2v) is 7.47. The SMILES string of the molecule is CC(C)CSCc1noc(C2NCCCC2(C)C)n1. The van der Waals surface area contributed by atoms with Gasteiger partial charge in [-0.05, 0) is 36.5 Å². The van der Waals surface area contributed by atoms with Gasteiger partial charge >= 0.3 is 0 Å². The van der Waals surface area contributed by atoms with Crippen molar-refractivity contribution >= 4 is 11.8 Å². The highest BCUT2D eigenvalue weighted by atomic mass is 32.2. The third-order valence-corrected chi connectivity index (χ3v) is 4.91. The second-order valence-electron chi connectivity index (χ2n) is 6.44. The molecule has 0 aliphatic carbocycles. The molecule has 1 saturated heterocycles. The summed E-state index contributed by atoms with van der Waals surface area (Å²) in [6, 6.07) is 0.192. The molecule has 1 unspecified atom stereocenters. The molecule has 1 N–H and O–H groups in total. The Bertz CT molecular complexity index is 403. The molecular formula is C14H25N3OS. The van der Waals surface area contributed by atoms with Crippen LogP contribution in [0.2, 0.25) is 0 Å². The number of aromatic nitrogens is 2. The zero-order valence-corrected chi connectivity index (χ0v) is 13.2. The van der Waals surface area contributed by atoms with Crippen molar-refractivity contribution in [3.63, 3.8) is 0 Å². The van der Waals surface area contributed by atoms with Crippen LogP contribution in [0.25, 0.3) is 0 Å². The standard InChI is InChI=1S/C14H25N3OS/c1-10(2)8-19-9-11-16-13(18-17-11)12-14(3,4)6-5-7-15-12/h10,12,15H,5-9H2,1-4H3. The molecule has 1 aromatic heterocycles. The summed E-state index contributed by atoms with van der Waals surface area (Å²) in [4.78, 5) is 4.57. The Morgan fingerprint density at radius 1 is 1.47 bits per heavy atom. The van der Waals surface area contributed by atoms with Crippen LogP contribution in [0.4, 0.5) is 0 Å². The number of nitrogens with one attached hydrogen (secondary N) is 1. The largest absolute Gasteiger partial charge is 0.338 e. The number of hydrogen-bond acceptors (Lipinski definition) is 5. The predicted molar refractivity (Wildman–Crippen MR) is 79.1 cm³/mol. The van der Waals surface area contributed by atoms with Crippen molar-refractivity contribution < 1.29 is 4.52 Å². The van der Waals surface area contributed by atoms with Crippen LogP contribution in [0.3, 0.4) is 0 Å². The fourth-order valence-corrected chi connectivity index (χ4v) is 3.35. The van der Waals surface area contributed by atoms with Crippen LogP contribution in [-0.2, 0) is 5.75 Å². The molecule has 0 aromatic carbocycles. The third kappa shape index (κ3) is 3.96. The van der Waals surface area contributed by atoms with E-state index in [4.69, 9.17) is 4.52 Å². The van der Waals surface area contributed by atoms with Gasteiger partial charge in [0.25, 0.3) is 0 Å². The molecule has 0 bridgehead atoms. The Labute approximate surface area is 120 Å². The molecule has 2 heterocycles. The molecule has 5 heteroatoms. The first-order valence-corrected chi connectivity index (χ1v) is 8.28. The Morgan fingerprint density at radius 3 is 2.95 bits per heavy atom. The number of rotatable bonds is 5. The second kappa shape index (κ2) is 6.27. The molecule has 0 radical (unpaired) electrons. The van der Waals surface area contributed by atoms with Crippen molar-refractivity contribution in [1.29, 1.82) is 0 Å². The molecule has 19 heavy (non-hydrogen) atoms. The topological polar surface area (TPSA) is 51.0 Å². The Morgan fingerprint density at radius 2 is 2.26 bits per heavy atom. The van der Waals surface area contributed by atoms with Crippen LogP contribution in [0.5, 0.6) is 0 Å². The summed E-state index contributed by atoms with van der Waals surface area (Å²) in [7, 11) is 0. The number of thioether (sulfide) groups is 1. The maximum Gasteiger partial charge on any atom is 0.244 e. The fourth-order valence-electron chi connectivity index (χ4n) is 2.46. The molecule has 2 rings (SSSR count). The summed E-state index contributed by atoms with van der Waals surface area (Å²) < 4.78 is 5.46. The monoisotopic (exact) mass is 283 g/mol. The average Bonchev–Trinajstić information content (AvgIpc) is 2.76. The molecule has 4 nitrogen and oxygen atoms in total. The van der Waals surface area contributed by atoms with E-state index in [2.05, 4.69) is 43.2 Å². The quantitative estimate of drug-likeness (QED) is 0.897. The maximum atomic E-state index is 5.46. The lowest BCUT2D eigenvalue weighted by atomic mass is 9.77. The Kier molecular flexibility index (Phi) is 4.90. The highest BCUT2D eigenvalue weighted by Crippen LogP contribution is 2.39. The number of nitrogens with zero attached hydrogens (tertiary/aromatic N) is 2. The summed E-state index contributed by atoms with van der Waals surface area (Å²) >= 11 is 1.87. The van der Waals surface area contributed by atoms with E-state index in [0.29, 0.717) is 5.92 Å². The van der Waals surface area contributed by atoms with E-state index in [9.17, 15) is 0 Å². The van der Waals surface area contributed by atoms with Gasteiger partial charge in [0.05, 0.1) is 11.8 Å². The van der Waals surface area contributed by atoms with E-state index in [1.807, 2.05) is 11.8 Å². The van der Waals surface area contributed by atoms with E-state index in [1.54, 1.807) is 0 Å². The smallest absolute Gasteiger partial charge is 0.244 e. The molecule has 1 atom stereocenters. The first-order chi connectivity index (χ1) is 8.99. The summed E-state index contributed by atoms with van der Waals surface area (Å²) in [5, 5.41) is 7.62. The van der Waals surface area contributed by atoms with E-state index in [1.165, 1.54) is 12.8 Å². The van der Waals surface area contributed by atoms with Crippen molar-refractivity contribution in [1.82, 2.24) is 15.5 Å². The highest BCUT2D eigenvalue weighted by molar-refractivity contribution is 7.98. The summed E-state index contributed by atoms with van der Waals surface area (Å²) in [6.07, 6.45) is 2.42. The molecular weight excluding hydrogens is 258 g/mol. The Balaban J connectivity index is 1.96. The van der Waals surface area contributed by atoms with Gasteiger partial charge in [0.15, 0.2) is 5.82 Å². The molecule has 0 spiro atoms. The van der Waals surface area contributed by atoms with E-state index in [0.717, 1.165) is 29.8 Å². The number of piperidine rings is 1. The van der Waals surface area contributed by atoms with Crippen LogP contribution >= 0.6 is 11.8 Å². The Hall–Kier alpha value is -0.550. The molecule has 1 aliphatic heterocycles. The zero-order valence-electron chi connectivity index (χ0n) is 12.4. The lowest BCUT2D eigenvalue weighted by molar-refractivity contribution is 0.146. The van der Waals surface area contributed by atoms with Crippen LogP contribution in [-0.4, -0.2) is 22.4 Å². The molecule has 1 aromatic rings. The number of hydrogen-bond donors (Lipinski definition) is 1. The lowest BCUT2D eigenvalue weighted by Gasteiger charge is -2.36. The normalized spacial score (nSPS) is 22.9.